The zero-order chi connectivity index (χ0) is 20.4. The molecule has 8 nitrogen and oxygen atoms in total. The summed E-state index contributed by atoms with van der Waals surface area (Å²) in [5.74, 6) is 1.21. The summed E-state index contributed by atoms with van der Waals surface area (Å²) in [7, 11) is 5.04. The van der Waals surface area contributed by atoms with Gasteiger partial charge in [-0.1, -0.05) is 17.7 Å². The second-order valence-electron chi connectivity index (χ2n) is 6.66. The van der Waals surface area contributed by atoms with Gasteiger partial charge in [0, 0.05) is 40.3 Å². The van der Waals surface area contributed by atoms with Crippen LogP contribution in [0.3, 0.4) is 0 Å². The molecular weight excluding hydrogens is 382 g/mol. The van der Waals surface area contributed by atoms with Crippen molar-refractivity contribution in [3.05, 3.63) is 28.8 Å². The lowest BCUT2D eigenvalue weighted by Crippen LogP contribution is -2.46. The molecule has 2 rings (SSSR count). The zero-order valence-electron chi connectivity index (χ0n) is 16.8. The van der Waals surface area contributed by atoms with Crippen molar-refractivity contribution in [2.45, 2.75) is 6.54 Å². The van der Waals surface area contributed by atoms with E-state index >= 15 is 0 Å². The van der Waals surface area contributed by atoms with Crippen molar-refractivity contribution in [3.8, 4) is 5.75 Å². The fourth-order valence-electron chi connectivity index (χ4n) is 2.63. The molecule has 28 heavy (non-hydrogen) atoms. The van der Waals surface area contributed by atoms with Crippen LogP contribution in [0.25, 0.3) is 0 Å². The van der Waals surface area contributed by atoms with Crippen LogP contribution in [0.5, 0.6) is 5.75 Å². The van der Waals surface area contributed by atoms with Gasteiger partial charge in [-0.2, -0.15) is 0 Å². The molecule has 0 radical (unpaired) electrons. The first-order chi connectivity index (χ1) is 13.5. The average molecular weight is 412 g/mol. The number of likely N-dealkylation sites (N-methyl/N-ethyl adjacent to an activating group) is 1. The Bertz CT molecular complexity index is 663. The Labute approximate surface area is 171 Å². The Hall–Kier alpha value is -2.03. The molecule has 0 atom stereocenters. The Morgan fingerprint density at radius 3 is 2.71 bits per heavy atom. The predicted octanol–water partition coefficient (Wildman–Crippen LogP) is 0.804. The first-order valence-corrected chi connectivity index (χ1v) is 9.72. The number of hydrogen-bond acceptors (Lipinski definition) is 5. The summed E-state index contributed by atoms with van der Waals surface area (Å²) in [6.45, 7) is 5.65. The smallest absolute Gasteiger partial charge is 0.241 e. The van der Waals surface area contributed by atoms with Gasteiger partial charge in [0.05, 0.1) is 38.4 Å². The Kier molecular flexibility index (Phi) is 9.33. The molecule has 1 aliphatic rings. The maximum Gasteiger partial charge on any atom is 0.241 e. The van der Waals surface area contributed by atoms with E-state index in [2.05, 4.69) is 20.5 Å². The number of amides is 1. The van der Waals surface area contributed by atoms with Crippen LogP contribution < -0.4 is 15.4 Å². The summed E-state index contributed by atoms with van der Waals surface area (Å²) in [5, 5.41) is 6.94. The highest BCUT2D eigenvalue weighted by Gasteiger charge is 2.11. The number of methoxy groups -OCH3 is 1. The zero-order valence-corrected chi connectivity index (χ0v) is 17.6. The number of rotatable bonds is 8. The molecular formula is C19H30ClN5O3. The van der Waals surface area contributed by atoms with E-state index in [1.807, 2.05) is 18.2 Å². The maximum absolute atomic E-state index is 11.9. The van der Waals surface area contributed by atoms with Gasteiger partial charge in [-0.3, -0.25) is 9.69 Å². The van der Waals surface area contributed by atoms with Gasteiger partial charge in [-0.05, 0) is 17.7 Å². The standard InChI is InChI=1S/C19H30ClN5O3/c1-24(2)18(26)14-23-19(21-6-7-25-8-10-28-11-9-25)22-13-15-4-5-17(27-3)16(20)12-15/h4-5,12H,6-11,13-14H2,1-3H3,(H2,21,22,23). The van der Waals surface area contributed by atoms with Crippen LogP contribution in [0.4, 0.5) is 0 Å². The number of carbonyl (C=O) groups is 1. The number of nitrogens with one attached hydrogen (secondary N) is 2. The lowest BCUT2D eigenvalue weighted by Gasteiger charge is -2.26. The van der Waals surface area contributed by atoms with Gasteiger partial charge in [0.1, 0.15) is 5.75 Å². The lowest BCUT2D eigenvalue weighted by molar-refractivity contribution is -0.127. The predicted molar refractivity (Wildman–Crippen MR) is 111 cm³/mol. The van der Waals surface area contributed by atoms with Crippen LogP contribution >= 0.6 is 11.6 Å². The third-order valence-electron chi connectivity index (χ3n) is 4.37. The second-order valence-corrected chi connectivity index (χ2v) is 7.06. The topological polar surface area (TPSA) is 78.4 Å². The third-order valence-corrected chi connectivity index (χ3v) is 4.66. The highest BCUT2D eigenvalue weighted by atomic mass is 35.5. The summed E-state index contributed by atoms with van der Waals surface area (Å²) >= 11 is 6.18. The van der Waals surface area contributed by atoms with E-state index in [0.717, 1.165) is 45.0 Å². The van der Waals surface area contributed by atoms with E-state index in [-0.39, 0.29) is 12.5 Å². The SMILES string of the molecule is COc1ccc(CN=C(NCCN2CCOCC2)NCC(=O)N(C)C)cc1Cl. The summed E-state index contributed by atoms with van der Waals surface area (Å²) in [5.41, 5.74) is 0.957. The maximum atomic E-state index is 11.9. The molecule has 1 aliphatic heterocycles. The van der Waals surface area contributed by atoms with E-state index in [0.29, 0.717) is 23.3 Å². The van der Waals surface area contributed by atoms with Crippen molar-refractivity contribution in [2.75, 3.05) is 67.1 Å². The minimum Gasteiger partial charge on any atom is -0.495 e. The molecule has 1 amide bonds. The van der Waals surface area contributed by atoms with Crippen LogP contribution in [-0.4, -0.2) is 88.8 Å². The van der Waals surface area contributed by atoms with Crippen LogP contribution in [-0.2, 0) is 16.1 Å². The first-order valence-electron chi connectivity index (χ1n) is 9.34. The molecule has 0 spiro atoms. The molecule has 0 bridgehead atoms. The quantitative estimate of drug-likeness (QED) is 0.486. The van der Waals surface area contributed by atoms with Crippen molar-refractivity contribution in [2.24, 2.45) is 4.99 Å². The molecule has 1 heterocycles. The molecule has 1 aromatic rings. The number of nitrogens with zero attached hydrogens (tertiary/aromatic N) is 3. The van der Waals surface area contributed by atoms with Crippen molar-refractivity contribution < 1.29 is 14.3 Å². The molecule has 0 unspecified atom stereocenters. The Balaban J connectivity index is 1.93. The monoisotopic (exact) mass is 411 g/mol. The van der Waals surface area contributed by atoms with Crippen LogP contribution in [0.1, 0.15) is 5.56 Å². The number of morpholine rings is 1. The Morgan fingerprint density at radius 1 is 1.32 bits per heavy atom. The number of benzene rings is 1. The van der Waals surface area contributed by atoms with Gasteiger partial charge in [0.25, 0.3) is 0 Å². The van der Waals surface area contributed by atoms with E-state index < -0.39 is 0 Å². The number of halogens is 1. The minimum atomic E-state index is -0.0184. The first kappa shape index (κ1) is 22.3. The molecule has 1 fully saturated rings. The summed E-state index contributed by atoms with van der Waals surface area (Å²) in [6.07, 6.45) is 0. The molecule has 0 saturated carbocycles. The molecule has 1 aromatic carbocycles. The fourth-order valence-corrected chi connectivity index (χ4v) is 2.91. The van der Waals surface area contributed by atoms with E-state index in [1.165, 1.54) is 0 Å². The van der Waals surface area contributed by atoms with Crippen molar-refractivity contribution in [1.82, 2.24) is 20.4 Å². The van der Waals surface area contributed by atoms with Gasteiger partial charge in [-0.15, -0.1) is 0 Å². The third kappa shape index (κ3) is 7.53. The van der Waals surface area contributed by atoms with E-state index in [1.54, 1.807) is 26.1 Å². The minimum absolute atomic E-state index is 0.0184. The molecule has 156 valence electrons. The normalized spacial score (nSPS) is 15.2. The molecule has 2 N–H and O–H groups in total. The van der Waals surface area contributed by atoms with Gasteiger partial charge in [-0.25, -0.2) is 4.99 Å². The summed E-state index contributed by atoms with van der Waals surface area (Å²) in [4.78, 5) is 20.3. The highest BCUT2D eigenvalue weighted by Crippen LogP contribution is 2.25. The van der Waals surface area contributed by atoms with Crippen LogP contribution in [0.15, 0.2) is 23.2 Å². The number of aliphatic imine (C=N–C) groups is 1. The van der Waals surface area contributed by atoms with Gasteiger partial charge in [0.15, 0.2) is 5.96 Å². The lowest BCUT2D eigenvalue weighted by atomic mass is 10.2. The largest absolute Gasteiger partial charge is 0.495 e. The van der Waals surface area contributed by atoms with Crippen molar-refractivity contribution in [1.29, 1.82) is 0 Å². The molecule has 0 aromatic heterocycles. The van der Waals surface area contributed by atoms with Crippen LogP contribution in [0, 0.1) is 0 Å². The number of hydrogen-bond donors (Lipinski definition) is 2. The van der Waals surface area contributed by atoms with Gasteiger partial charge < -0.3 is 25.0 Å². The molecule has 9 heteroatoms. The Morgan fingerprint density at radius 2 is 2.07 bits per heavy atom. The van der Waals surface area contributed by atoms with E-state index in [4.69, 9.17) is 21.1 Å². The number of guanidine groups is 1. The number of ether oxygens (including phenoxy) is 2. The molecule has 0 aliphatic carbocycles. The number of carbonyl (C=O) groups excluding carboxylic acids is 1. The van der Waals surface area contributed by atoms with E-state index in [9.17, 15) is 4.79 Å². The van der Waals surface area contributed by atoms with Crippen molar-refractivity contribution >= 4 is 23.5 Å². The summed E-state index contributed by atoms with van der Waals surface area (Å²) in [6, 6.07) is 5.58. The van der Waals surface area contributed by atoms with Crippen molar-refractivity contribution in [3.63, 3.8) is 0 Å². The highest BCUT2D eigenvalue weighted by molar-refractivity contribution is 6.32. The fraction of sp³-hybridized carbons (Fsp3) is 0.579. The second kappa shape index (κ2) is 11.7. The van der Waals surface area contributed by atoms with Gasteiger partial charge in [0.2, 0.25) is 5.91 Å². The summed E-state index contributed by atoms with van der Waals surface area (Å²) < 4.78 is 10.5. The molecule has 1 saturated heterocycles. The van der Waals surface area contributed by atoms with Crippen LogP contribution in [0.2, 0.25) is 5.02 Å². The van der Waals surface area contributed by atoms with Gasteiger partial charge >= 0.3 is 0 Å². The average Bonchev–Trinajstić information content (AvgIpc) is 2.70.